The molecular formula is C18H20F2N2O2. The van der Waals surface area contributed by atoms with E-state index in [9.17, 15) is 13.6 Å². The number of para-hydroxylation sites is 1. The number of alkyl halides is 2. The Labute approximate surface area is 140 Å². The van der Waals surface area contributed by atoms with Gasteiger partial charge in [0.1, 0.15) is 5.75 Å². The third-order valence-corrected chi connectivity index (χ3v) is 3.48. The van der Waals surface area contributed by atoms with E-state index in [1.165, 1.54) is 12.1 Å². The van der Waals surface area contributed by atoms with Gasteiger partial charge in [-0.05, 0) is 29.8 Å². The van der Waals surface area contributed by atoms with Gasteiger partial charge < -0.3 is 15.0 Å². The third kappa shape index (κ3) is 5.87. The number of benzene rings is 2. The smallest absolute Gasteiger partial charge is 0.387 e. The number of likely N-dealkylation sites (N-methyl/N-ethyl adjacent to an activating group) is 1. The van der Waals surface area contributed by atoms with Crippen LogP contribution in [0.25, 0.3) is 0 Å². The molecule has 0 heterocycles. The molecule has 128 valence electrons. The van der Waals surface area contributed by atoms with Gasteiger partial charge in [0.2, 0.25) is 5.91 Å². The van der Waals surface area contributed by atoms with Crippen molar-refractivity contribution in [3.05, 3.63) is 60.2 Å². The molecular weight excluding hydrogens is 314 g/mol. The molecule has 0 radical (unpaired) electrons. The zero-order valence-corrected chi connectivity index (χ0v) is 13.4. The van der Waals surface area contributed by atoms with E-state index in [1.807, 2.05) is 37.4 Å². The van der Waals surface area contributed by atoms with Crippen molar-refractivity contribution in [2.24, 2.45) is 0 Å². The van der Waals surface area contributed by atoms with E-state index in [2.05, 4.69) is 15.0 Å². The molecule has 0 aliphatic rings. The van der Waals surface area contributed by atoms with Gasteiger partial charge in [0, 0.05) is 25.8 Å². The van der Waals surface area contributed by atoms with E-state index >= 15 is 0 Å². The molecule has 4 nitrogen and oxygen atoms in total. The highest BCUT2D eigenvalue weighted by Gasteiger charge is 2.07. The highest BCUT2D eigenvalue weighted by molar-refractivity contribution is 5.78. The molecule has 0 bridgehead atoms. The van der Waals surface area contributed by atoms with Crippen molar-refractivity contribution < 1.29 is 18.3 Å². The summed E-state index contributed by atoms with van der Waals surface area (Å²) in [5.74, 6) is -0.0300. The van der Waals surface area contributed by atoms with Crippen molar-refractivity contribution in [3.63, 3.8) is 0 Å². The average Bonchev–Trinajstić information content (AvgIpc) is 2.57. The van der Waals surface area contributed by atoms with Crippen LogP contribution >= 0.6 is 0 Å². The minimum absolute atomic E-state index is 0.0821. The van der Waals surface area contributed by atoms with Gasteiger partial charge in [-0.3, -0.25) is 4.79 Å². The first-order valence-corrected chi connectivity index (χ1v) is 7.61. The fraction of sp³-hybridized carbons (Fsp3) is 0.278. The fourth-order valence-electron chi connectivity index (χ4n) is 2.21. The van der Waals surface area contributed by atoms with Crippen molar-refractivity contribution in [1.82, 2.24) is 5.32 Å². The van der Waals surface area contributed by atoms with E-state index in [0.29, 0.717) is 13.1 Å². The lowest BCUT2D eigenvalue weighted by atomic mass is 10.1. The maximum atomic E-state index is 12.1. The SMILES string of the molecule is CN(CCNC(=O)Cc1ccc(OC(F)F)cc1)c1ccccc1. The molecule has 0 aromatic heterocycles. The van der Waals surface area contributed by atoms with Crippen LogP contribution in [0.2, 0.25) is 0 Å². The van der Waals surface area contributed by atoms with Crippen molar-refractivity contribution in [1.29, 1.82) is 0 Å². The first kappa shape index (κ1) is 17.7. The third-order valence-electron chi connectivity index (χ3n) is 3.48. The summed E-state index contributed by atoms with van der Waals surface area (Å²) in [6.45, 7) is -1.63. The van der Waals surface area contributed by atoms with Crippen molar-refractivity contribution in [2.75, 3.05) is 25.0 Å². The molecule has 2 aromatic rings. The second-order valence-electron chi connectivity index (χ2n) is 5.31. The number of anilines is 1. The Morgan fingerprint density at radius 1 is 1.12 bits per heavy atom. The number of carbonyl (C=O) groups is 1. The number of halogens is 2. The fourth-order valence-corrected chi connectivity index (χ4v) is 2.21. The Balaban J connectivity index is 1.73. The zero-order chi connectivity index (χ0) is 17.4. The number of rotatable bonds is 8. The number of nitrogens with zero attached hydrogens (tertiary/aromatic N) is 1. The summed E-state index contributed by atoms with van der Waals surface area (Å²) in [5, 5.41) is 2.85. The Morgan fingerprint density at radius 2 is 1.79 bits per heavy atom. The predicted octanol–water partition coefficient (Wildman–Crippen LogP) is 3.08. The van der Waals surface area contributed by atoms with Crippen LogP contribution in [0.1, 0.15) is 5.56 Å². The minimum atomic E-state index is -2.85. The summed E-state index contributed by atoms with van der Waals surface area (Å²) in [7, 11) is 1.96. The molecule has 1 N–H and O–H groups in total. The van der Waals surface area contributed by atoms with Crippen molar-refractivity contribution in [2.45, 2.75) is 13.0 Å². The number of hydrogen-bond acceptors (Lipinski definition) is 3. The van der Waals surface area contributed by atoms with Crippen LogP contribution in [0.4, 0.5) is 14.5 Å². The van der Waals surface area contributed by atoms with Gasteiger partial charge in [-0.2, -0.15) is 8.78 Å². The van der Waals surface area contributed by atoms with Gasteiger partial charge in [0.15, 0.2) is 0 Å². The summed E-state index contributed by atoms with van der Waals surface area (Å²) in [4.78, 5) is 14.0. The van der Waals surface area contributed by atoms with Crippen LogP contribution in [0.3, 0.4) is 0 Å². The van der Waals surface area contributed by atoms with Crippen LogP contribution in [0.15, 0.2) is 54.6 Å². The maximum absolute atomic E-state index is 12.1. The average molecular weight is 334 g/mol. The summed E-state index contributed by atoms with van der Waals surface area (Å²) in [6, 6.07) is 16.0. The van der Waals surface area contributed by atoms with Gasteiger partial charge in [-0.1, -0.05) is 30.3 Å². The molecule has 0 saturated carbocycles. The lowest BCUT2D eigenvalue weighted by Gasteiger charge is -2.19. The van der Waals surface area contributed by atoms with Gasteiger partial charge in [-0.25, -0.2) is 0 Å². The van der Waals surface area contributed by atoms with Gasteiger partial charge in [0.25, 0.3) is 0 Å². The van der Waals surface area contributed by atoms with Gasteiger partial charge in [0.05, 0.1) is 6.42 Å². The first-order valence-electron chi connectivity index (χ1n) is 7.61. The van der Waals surface area contributed by atoms with Crippen molar-refractivity contribution in [3.8, 4) is 5.75 Å². The largest absolute Gasteiger partial charge is 0.435 e. The van der Waals surface area contributed by atoms with E-state index in [-0.39, 0.29) is 18.1 Å². The number of hydrogen-bond donors (Lipinski definition) is 1. The maximum Gasteiger partial charge on any atom is 0.387 e. The Kier molecular flexibility index (Phi) is 6.54. The van der Waals surface area contributed by atoms with E-state index in [0.717, 1.165) is 11.3 Å². The van der Waals surface area contributed by atoms with Crippen LogP contribution in [-0.4, -0.2) is 32.7 Å². The van der Waals surface area contributed by atoms with Gasteiger partial charge >= 0.3 is 6.61 Å². The molecule has 2 rings (SSSR count). The van der Waals surface area contributed by atoms with E-state index in [4.69, 9.17) is 0 Å². The number of amides is 1. The van der Waals surface area contributed by atoms with Crippen LogP contribution in [0.5, 0.6) is 5.75 Å². The molecule has 0 atom stereocenters. The van der Waals surface area contributed by atoms with Crippen molar-refractivity contribution >= 4 is 11.6 Å². The second kappa shape index (κ2) is 8.86. The predicted molar refractivity (Wildman–Crippen MR) is 89.5 cm³/mol. The second-order valence-corrected chi connectivity index (χ2v) is 5.31. The Bertz CT molecular complexity index is 633. The molecule has 24 heavy (non-hydrogen) atoms. The van der Waals surface area contributed by atoms with E-state index < -0.39 is 6.61 Å². The van der Waals surface area contributed by atoms with Crippen LogP contribution in [-0.2, 0) is 11.2 Å². The van der Waals surface area contributed by atoms with Crippen LogP contribution in [0, 0.1) is 0 Å². The summed E-state index contributed by atoms with van der Waals surface area (Å²) in [6.07, 6.45) is 0.198. The molecule has 0 aliphatic heterocycles. The molecule has 2 aromatic carbocycles. The normalized spacial score (nSPS) is 10.5. The Hall–Kier alpha value is -2.63. The topological polar surface area (TPSA) is 41.6 Å². The molecule has 1 amide bonds. The number of nitrogens with one attached hydrogen (secondary N) is 1. The lowest BCUT2D eigenvalue weighted by Crippen LogP contribution is -2.33. The van der Waals surface area contributed by atoms with Gasteiger partial charge in [-0.15, -0.1) is 0 Å². The summed E-state index contributed by atoms with van der Waals surface area (Å²) < 4.78 is 28.4. The lowest BCUT2D eigenvalue weighted by molar-refractivity contribution is -0.120. The summed E-state index contributed by atoms with van der Waals surface area (Å²) in [5.41, 5.74) is 1.83. The highest BCUT2D eigenvalue weighted by atomic mass is 19.3. The zero-order valence-electron chi connectivity index (χ0n) is 13.4. The van der Waals surface area contributed by atoms with Crippen LogP contribution < -0.4 is 15.0 Å². The number of carbonyl (C=O) groups excluding carboxylic acids is 1. The minimum Gasteiger partial charge on any atom is -0.435 e. The molecule has 0 fully saturated rings. The number of ether oxygens (including phenoxy) is 1. The first-order chi connectivity index (χ1) is 11.5. The molecule has 0 spiro atoms. The Morgan fingerprint density at radius 3 is 2.42 bits per heavy atom. The molecule has 6 heteroatoms. The standard InChI is InChI=1S/C18H20F2N2O2/c1-22(15-5-3-2-4-6-15)12-11-21-17(23)13-14-7-9-16(10-8-14)24-18(19)20/h2-10,18H,11-13H2,1H3,(H,21,23). The highest BCUT2D eigenvalue weighted by Crippen LogP contribution is 2.15. The monoisotopic (exact) mass is 334 g/mol. The summed E-state index contributed by atoms with van der Waals surface area (Å²) >= 11 is 0. The molecule has 0 saturated heterocycles. The molecule has 0 unspecified atom stereocenters. The van der Waals surface area contributed by atoms with E-state index in [1.54, 1.807) is 12.1 Å². The quantitative estimate of drug-likeness (QED) is 0.807. The molecule has 0 aliphatic carbocycles.